The van der Waals surface area contributed by atoms with Crippen LogP contribution in [0.4, 0.5) is 4.79 Å². The Balaban J connectivity index is 1.87. The van der Waals surface area contributed by atoms with E-state index in [1.165, 1.54) is 0 Å². The first kappa shape index (κ1) is 13.1. The van der Waals surface area contributed by atoms with E-state index in [0.29, 0.717) is 13.1 Å². The van der Waals surface area contributed by atoms with Gasteiger partial charge in [0.05, 0.1) is 10.7 Å². The number of aromatic nitrogens is 2. The maximum atomic E-state index is 11.7. The summed E-state index contributed by atoms with van der Waals surface area (Å²) in [5.41, 5.74) is 0.708. The molecule has 0 spiro atoms. The second-order valence-corrected chi connectivity index (χ2v) is 6.18. The minimum Gasteiger partial charge on any atom is -0.444 e. The van der Waals surface area contributed by atoms with Gasteiger partial charge in [0.25, 0.3) is 0 Å². The summed E-state index contributed by atoms with van der Waals surface area (Å²) >= 11 is 3.33. The van der Waals surface area contributed by atoms with Gasteiger partial charge in [0, 0.05) is 25.5 Å². The lowest BCUT2D eigenvalue weighted by Crippen LogP contribution is -2.46. The largest absolute Gasteiger partial charge is 0.444 e. The quantitative estimate of drug-likeness (QED) is 0.801. The van der Waals surface area contributed by atoms with Crippen LogP contribution >= 0.6 is 15.9 Å². The molecular weight excluding hydrogens is 298 g/mol. The Hall–Kier alpha value is -1.30. The molecule has 98 valence electrons. The van der Waals surface area contributed by atoms with Crippen molar-refractivity contribution >= 4 is 28.2 Å². The second kappa shape index (κ2) is 4.76. The highest BCUT2D eigenvalue weighted by atomic mass is 79.9. The summed E-state index contributed by atoms with van der Waals surface area (Å²) in [6.07, 6.45) is 5.25. The number of hydrogen-bond acceptors (Lipinski definition) is 3. The third-order valence-electron chi connectivity index (χ3n) is 2.32. The molecule has 0 radical (unpaired) electrons. The molecule has 1 saturated heterocycles. The first-order chi connectivity index (χ1) is 8.33. The van der Waals surface area contributed by atoms with Crippen LogP contribution < -0.4 is 0 Å². The van der Waals surface area contributed by atoms with Crippen LogP contribution in [0.3, 0.4) is 0 Å². The van der Waals surface area contributed by atoms with Gasteiger partial charge in [-0.15, -0.1) is 0 Å². The lowest BCUT2D eigenvalue weighted by Gasteiger charge is -2.35. The average Bonchev–Trinajstić information content (AvgIpc) is 2.53. The third-order valence-corrected chi connectivity index (χ3v) is 2.73. The monoisotopic (exact) mass is 313 g/mol. The van der Waals surface area contributed by atoms with E-state index in [0.717, 1.165) is 10.0 Å². The van der Waals surface area contributed by atoms with Crippen LogP contribution in [-0.4, -0.2) is 39.5 Å². The fourth-order valence-electron chi connectivity index (χ4n) is 1.55. The van der Waals surface area contributed by atoms with Gasteiger partial charge in [0.15, 0.2) is 0 Å². The van der Waals surface area contributed by atoms with Gasteiger partial charge in [-0.3, -0.25) is 4.90 Å². The molecule has 5 nitrogen and oxygen atoms in total. The van der Waals surface area contributed by atoms with Crippen LogP contribution in [0.15, 0.2) is 22.4 Å². The number of amides is 1. The predicted octanol–water partition coefficient (Wildman–Crippen LogP) is 2.74. The van der Waals surface area contributed by atoms with Crippen molar-refractivity contribution in [2.24, 2.45) is 0 Å². The van der Waals surface area contributed by atoms with Gasteiger partial charge in [-0.2, -0.15) is 5.10 Å². The number of likely N-dealkylation sites (tertiary alicyclic amines) is 1. The van der Waals surface area contributed by atoms with E-state index >= 15 is 0 Å². The summed E-state index contributed by atoms with van der Waals surface area (Å²) in [5, 5.41) is 4.13. The fourth-order valence-corrected chi connectivity index (χ4v) is 1.86. The van der Waals surface area contributed by atoms with E-state index in [9.17, 15) is 4.79 Å². The van der Waals surface area contributed by atoms with Crippen LogP contribution in [0, 0.1) is 0 Å². The standard InChI is InChI=1S/C12H16BrN3O2/c1-12(2,3)18-11(17)15-5-9(6-15)7-16-8-10(13)4-14-16/h4,7-8H,5-6H2,1-3H3. The molecule has 6 heteroatoms. The normalized spacial score (nSPS) is 15.3. The Morgan fingerprint density at radius 2 is 2.17 bits per heavy atom. The number of rotatable bonds is 1. The van der Waals surface area contributed by atoms with E-state index in [1.54, 1.807) is 15.8 Å². The minimum absolute atomic E-state index is 0.263. The zero-order valence-corrected chi connectivity index (χ0v) is 12.3. The number of halogens is 1. The Morgan fingerprint density at radius 1 is 1.50 bits per heavy atom. The zero-order chi connectivity index (χ0) is 13.3. The van der Waals surface area contributed by atoms with E-state index < -0.39 is 5.60 Å². The fraction of sp³-hybridized carbons (Fsp3) is 0.500. The molecule has 0 N–H and O–H groups in total. The van der Waals surface area contributed by atoms with Gasteiger partial charge in [-0.05, 0) is 42.3 Å². The maximum absolute atomic E-state index is 11.7. The van der Waals surface area contributed by atoms with Crippen molar-refractivity contribution in [1.29, 1.82) is 0 Å². The van der Waals surface area contributed by atoms with Crippen molar-refractivity contribution in [2.75, 3.05) is 13.1 Å². The first-order valence-electron chi connectivity index (χ1n) is 5.71. The third kappa shape index (κ3) is 3.35. The predicted molar refractivity (Wildman–Crippen MR) is 72.0 cm³/mol. The number of carbonyl (C=O) groups excluding carboxylic acids is 1. The highest BCUT2D eigenvalue weighted by Gasteiger charge is 2.29. The lowest BCUT2D eigenvalue weighted by atomic mass is 10.1. The molecule has 1 aliphatic rings. The molecule has 0 aliphatic carbocycles. The van der Waals surface area contributed by atoms with Crippen molar-refractivity contribution < 1.29 is 9.53 Å². The molecular formula is C12H16BrN3O2. The van der Waals surface area contributed by atoms with Crippen LogP contribution in [0.5, 0.6) is 0 Å². The van der Waals surface area contributed by atoms with Crippen LogP contribution in [0.25, 0.3) is 6.20 Å². The van der Waals surface area contributed by atoms with E-state index in [4.69, 9.17) is 4.74 Å². The highest BCUT2D eigenvalue weighted by Crippen LogP contribution is 2.19. The van der Waals surface area contributed by atoms with Crippen molar-refractivity contribution in [1.82, 2.24) is 14.7 Å². The van der Waals surface area contributed by atoms with Gasteiger partial charge in [-0.25, -0.2) is 9.48 Å². The number of ether oxygens (including phenoxy) is 1. The van der Waals surface area contributed by atoms with Crippen molar-refractivity contribution in [3.8, 4) is 0 Å². The first-order valence-corrected chi connectivity index (χ1v) is 6.50. The molecule has 1 amide bonds. The van der Waals surface area contributed by atoms with E-state index in [2.05, 4.69) is 21.0 Å². The molecule has 1 aliphatic heterocycles. The van der Waals surface area contributed by atoms with Crippen molar-refractivity contribution in [3.05, 3.63) is 22.4 Å². The molecule has 0 unspecified atom stereocenters. The Bertz CT molecular complexity index is 480. The Kier molecular flexibility index (Phi) is 3.47. The average molecular weight is 314 g/mol. The lowest BCUT2D eigenvalue weighted by molar-refractivity contribution is 0.0215. The molecule has 2 heterocycles. The topological polar surface area (TPSA) is 47.4 Å². The van der Waals surface area contributed by atoms with Gasteiger partial charge in [0.2, 0.25) is 0 Å². The summed E-state index contributed by atoms with van der Waals surface area (Å²) < 4.78 is 7.94. The molecule has 0 bridgehead atoms. The maximum Gasteiger partial charge on any atom is 0.410 e. The zero-order valence-electron chi connectivity index (χ0n) is 10.7. The number of hydrogen-bond donors (Lipinski definition) is 0. The van der Waals surface area contributed by atoms with Gasteiger partial charge in [-0.1, -0.05) is 0 Å². The molecule has 18 heavy (non-hydrogen) atoms. The number of carbonyl (C=O) groups is 1. The van der Waals surface area contributed by atoms with Crippen LogP contribution in [-0.2, 0) is 4.74 Å². The van der Waals surface area contributed by atoms with Crippen molar-refractivity contribution in [3.63, 3.8) is 0 Å². The molecule has 1 aromatic rings. The SMILES string of the molecule is CC(C)(C)OC(=O)N1CC(=Cn2cc(Br)cn2)C1. The molecule has 0 atom stereocenters. The highest BCUT2D eigenvalue weighted by molar-refractivity contribution is 9.10. The van der Waals surface area contributed by atoms with Crippen molar-refractivity contribution in [2.45, 2.75) is 26.4 Å². The smallest absolute Gasteiger partial charge is 0.410 e. The molecule has 0 saturated carbocycles. The Labute approximate surface area is 115 Å². The van der Waals surface area contributed by atoms with Crippen LogP contribution in [0.2, 0.25) is 0 Å². The second-order valence-electron chi connectivity index (χ2n) is 5.26. The summed E-state index contributed by atoms with van der Waals surface area (Å²) in [4.78, 5) is 13.4. The molecule has 0 aromatic carbocycles. The minimum atomic E-state index is -0.441. The summed E-state index contributed by atoms with van der Waals surface area (Å²) in [5.74, 6) is 0. The van der Waals surface area contributed by atoms with Gasteiger partial charge < -0.3 is 4.74 Å². The molecule has 2 rings (SSSR count). The van der Waals surface area contributed by atoms with Gasteiger partial charge in [0.1, 0.15) is 5.60 Å². The number of nitrogens with zero attached hydrogens (tertiary/aromatic N) is 3. The summed E-state index contributed by atoms with van der Waals surface area (Å²) in [6, 6.07) is 0. The van der Waals surface area contributed by atoms with E-state index in [-0.39, 0.29) is 6.09 Å². The summed E-state index contributed by atoms with van der Waals surface area (Å²) in [7, 11) is 0. The molecule has 1 fully saturated rings. The van der Waals surface area contributed by atoms with Gasteiger partial charge >= 0.3 is 6.09 Å². The summed E-state index contributed by atoms with van der Waals surface area (Å²) in [6.45, 7) is 6.80. The van der Waals surface area contributed by atoms with E-state index in [1.807, 2.05) is 33.2 Å². The Morgan fingerprint density at radius 3 is 2.67 bits per heavy atom. The molecule has 1 aromatic heterocycles. The van der Waals surface area contributed by atoms with Crippen LogP contribution in [0.1, 0.15) is 20.8 Å².